The van der Waals surface area contributed by atoms with Crippen molar-refractivity contribution in [2.45, 2.75) is 136 Å². The highest BCUT2D eigenvalue weighted by molar-refractivity contribution is 7.00. The summed E-state index contributed by atoms with van der Waals surface area (Å²) < 4.78 is 6.88. The van der Waals surface area contributed by atoms with Gasteiger partial charge >= 0.3 is 0 Å². The Labute approximate surface area is 364 Å². The average molecular weight is 801 g/mol. The van der Waals surface area contributed by atoms with E-state index in [4.69, 9.17) is 4.42 Å². The van der Waals surface area contributed by atoms with Crippen LogP contribution in [0.25, 0.3) is 21.9 Å². The first-order valence-electron chi connectivity index (χ1n) is 22.9. The molecule has 1 aromatic heterocycles. The van der Waals surface area contributed by atoms with Crippen LogP contribution in [-0.2, 0) is 27.1 Å². The van der Waals surface area contributed by atoms with Gasteiger partial charge in [-0.25, -0.2) is 0 Å². The summed E-state index contributed by atoms with van der Waals surface area (Å²) >= 11 is 0. The van der Waals surface area contributed by atoms with E-state index in [1.165, 1.54) is 104 Å². The van der Waals surface area contributed by atoms with Crippen LogP contribution in [0, 0.1) is 6.92 Å². The zero-order valence-electron chi connectivity index (χ0n) is 38.5. The summed E-state index contributed by atoms with van der Waals surface area (Å²) in [5.41, 5.74) is 22.3. The smallest absolute Gasteiger partial charge is 0.252 e. The zero-order chi connectivity index (χ0) is 42.8. The van der Waals surface area contributed by atoms with Crippen LogP contribution >= 0.6 is 0 Å². The van der Waals surface area contributed by atoms with Crippen LogP contribution < -0.4 is 26.2 Å². The first-order chi connectivity index (χ1) is 28.7. The molecule has 6 aromatic carbocycles. The first-order valence-corrected chi connectivity index (χ1v) is 22.9. The van der Waals surface area contributed by atoms with Gasteiger partial charge < -0.3 is 14.2 Å². The Morgan fingerprint density at radius 3 is 1.79 bits per heavy atom. The molecule has 0 amide bonds. The number of para-hydroxylation sites is 2. The van der Waals surface area contributed by atoms with Crippen LogP contribution in [0.15, 0.2) is 108 Å². The van der Waals surface area contributed by atoms with Crippen molar-refractivity contribution < 1.29 is 4.42 Å². The van der Waals surface area contributed by atoms with E-state index in [1.807, 2.05) is 0 Å². The number of hydrogen-bond donors (Lipinski definition) is 0. The van der Waals surface area contributed by atoms with E-state index in [9.17, 15) is 0 Å². The van der Waals surface area contributed by atoms with Gasteiger partial charge in [-0.15, -0.1) is 0 Å². The van der Waals surface area contributed by atoms with Crippen LogP contribution in [0.5, 0.6) is 0 Å². The molecule has 0 atom stereocenters. The van der Waals surface area contributed by atoms with Crippen molar-refractivity contribution >= 4 is 79.2 Å². The van der Waals surface area contributed by atoms with Gasteiger partial charge in [0, 0.05) is 39.2 Å². The second-order valence-corrected chi connectivity index (χ2v) is 22.8. The van der Waals surface area contributed by atoms with Gasteiger partial charge in [0.1, 0.15) is 5.58 Å². The number of hydrogen-bond acceptors (Lipinski definition) is 3. The van der Waals surface area contributed by atoms with E-state index in [1.54, 1.807) is 0 Å². The maximum atomic E-state index is 6.88. The van der Waals surface area contributed by atoms with Crippen LogP contribution in [0.2, 0.25) is 0 Å². The fourth-order valence-corrected chi connectivity index (χ4v) is 11.8. The molecular weight excluding hydrogens is 739 g/mol. The fraction of sp³-hybridized carbons (Fsp3) is 0.368. The highest BCUT2D eigenvalue weighted by Crippen LogP contribution is 2.53. The topological polar surface area (TPSA) is 19.6 Å². The van der Waals surface area contributed by atoms with E-state index >= 15 is 0 Å². The summed E-state index contributed by atoms with van der Waals surface area (Å²) in [5.74, 6) is 0. The minimum absolute atomic E-state index is 0.0329. The normalized spacial score (nSPS) is 19.0. The van der Waals surface area contributed by atoms with Crippen LogP contribution in [0.3, 0.4) is 0 Å². The number of fused-ring (bicyclic) bond motifs is 9. The molecule has 0 saturated heterocycles. The van der Waals surface area contributed by atoms with Gasteiger partial charge in [0.15, 0.2) is 5.58 Å². The molecule has 3 nitrogen and oxygen atoms in total. The maximum Gasteiger partial charge on any atom is 0.252 e. The van der Waals surface area contributed by atoms with Gasteiger partial charge in [0.25, 0.3) is 6.71 Å². The molecule has 0 fully saturated rings. The lowest BCUT2D eigenvalue weighted by Gasteiger charge is -2.48. The van der Waals surface area contributed by atoms with E-state index in [0.717, 1.165) is 27.6 Å². The summed E-state index contributed by atoms with van der Waals surface area (Å²) in [6, 6.07) is 40.3. The number of aryl methyl sites for hydroxylation is 1. The number of rotatable bonds is 2. The van der Waals surface area contributed by atoms with Crippen molar-refractivity contribution in [3.8, 4) is 0 Å². The summed E-state index contributed by atoms with van der Waals surface area (Å²) in [7, 11) is 0. The van der Waals surface area contributed by atoms with Crippen LogP contribution in [0.1, 0.15) is 135 Å². The van der Waals surface area contributed by atoms with Gasteiger partial charge in [0.05, 0.1) is 5.69 Å². The Hall–Kier alpha value is -5.22. The first kappa shape index (κ1) is 38.7. The Bertz CT molecular complexity index is 3010. The fourth-order valence-electron chi connectivity index (χ4n) is 11.8. The third kappa shape index (κ3) is 5.55. The van der Waals surface area contributed by atoms with Crippen molar-refractivity contribution in [1.29, 1.82) is 0 Å². The lowest BCUT2D eigenvalue weighted by atomic mass is 9.33. The van der Waals surface area contributed by atoms with Crippen LogP contribution in [-0.4, -0.2) is 6.71 Å². The van der Waals surface area contributed by atoms with Crippen molar-refractivity contribution in [2.24, 2.45) is 0 Å². The number of benzene rings is 6. The molecule has 7 aromatic rings. The Morgan fingerprint density at radius 1 is 0.508 bits per heavy atom. The Kier molecular flexibility index (Phi) is 7.90. The number of nitrogens with zero attached hydrogens (tertiary/aromatic N) is 2. The molecule has 0 radical (unpaired) electrons. The second-order valence-electron chi connectivity index (χ2n) is 22.8. The largest absolute Gasteiger partial charge is 0.454 e. The maximum absolute atomic E-state index is 6.88. The average Bonchev–Trinajstić information content (AvgIpc) is 3.59. The molecule has 61 heavy (non-hydrogen) atoms. The standard InChI is InChI=1S/C57H61BN2O/c1-34-28-48-51-49(29-34)60(45-18-15-17-38-37-16-13-14-19-50(37)61-52(38)45)46-30-35(53(2,3)4)20-23-43(46)58(51)44-32-41-42(57(11,12)27-26-56(41,9)10)33-47(44)59(48)36-21-22-39-40(31-36)55(7,8)25-24-54(39,5)6/h13-23,28-33H,24-27H2,1-12H3. The van der Waals surface area contributed by atoms with Gasteiger partial charge in [-0.05, 0) is 158 Å². The van der Waals surface area contributed by atoms with Gasteiger partial charge in [-0.2, -0.15) is 0 Å². The van der Waals surface area contributed by atoms with Crippen molar-refractivity contribution in [3.63, 3.8) is 0 Å². The molecule has 2 aliphatic carbocycles. The Balaban J connectivity index is 1.27. The number of anilines is 6. The molecule has 0 unspecified atom stereocenters. The van der Waals surface area contributed by atoms with Crippen molar-refractivity contribution in [1.82, 2.24) is 0 Å². The molecule has 0 spiro atoms. The summed E-state index contributed by atoms with van der Waals surface area (Å²) in [4.78, 5) is 5.23. The molecule has 0 N–H and O–H groups in total. The molecule has 3 heterocycles. The van der Waals surface area contributed by atoms with Crippen molar-refractivity contribution in [3.05, 3.63) is 137 Å². The van der Waals surface area contributed by atoms with E-state index in [2.05, 4.69) is 196 Å². The SMILES string of the molecule is Cc1cc2c3c(c1)N(c1cccc4c1oc1ccccc14)c1cc(C(C)(C)C)ccc1B3c1cc3c(cc1N2c1ccc2c(c1)C(C)(C)CCC2(C)C)C(C)(C)CCC3(C)C. The molecule has 2 aliphatic heterocycles. The highest BCUT2D eigenvalue weighted by atomic mass is 16.3. The van der Waals surface area contributed by atoms with Crippen molar-refractivity contribution in [2.75, 3.05) is 9.80 Å². The zero-order valence-corrected chi connectivity index (χ0v) is 38.5. The lowest BCUT2D eigenvalue weighted by Crippen LogP contribution is -2.62. The minimum atomic E-state index is -0.0329. The Morgan fingerprint density at radius 2 is 1.10 bits per heavy atom. The highest BCUT2D eigenvalue weighted by Gasteiger charge is 2.47. The molecular formula is C57H61BN2O. The summed E-state index contributed by atoms with van der Waals surface area (Å²) in [6.45, 7) is 29.0. The quantitative estimate of drug-likeness (QED) is 0.162. The minimum Gasteiger partial charge on any atom is -0.454 e. The summed E-state index contributed by atoms with van der Waals surface area (Å²) in [5, 5.41) is 2.30. The van der Waals surface area contributed by atoms with Gasteiger partial charge in [-0.3, -0.25) is 0 Å². The molecule has 0 saturated carbocycles. The number of furan rings is 1. The van der Waals surface area contributed by atoms with E-state index in [0.29, 0.717) is 0 Å². The third-order valence-corrected chi connectivity index (χ3v) is 15.8. The molecule has 308 valence electrons. The van der Waals surface area contributed by atoms with E-state index < -0.39 is 0 Å². The van der Waals surface area contributed by atoms with Crippen LogP contribution in [0.4, 0.5) is 34.1 Å². The van der Waals surface area contributed by atoms with E-state index in [-0.39, 0.29) is 33.8 Å². The molecule has 11 rings (SSSR count). The lowest BCUT2D eigenvalue weighted by molar-refractivity contribution is 0.332. The third-order valence-electron chi connectivity index (χ3n) is 15.8. The van der Waals surface area contributed by atoms with Gasteiger partial charge in [-0.1, -0.05) is 131 Å². The van der Waals surface area contributed by atoms with Gasteiger partial charge in [0.2, 0.25) is 0 Å². The predicted molar refractivity (Wildman–Crippen MR) is 262 cm³/mol. The second kappa shape index (κ2) is 12.5. The molecule has 4 aliphatic rings. The monoisotopic (exact) mass is 800 g/mol. The predicted octanol–water partition coefficient (Wildman–Crippen LogP) is 14.0. The molecule has 4 heteroatoms. The molecule has 0 bridgehead atoms. The summed E-state index contributed by atoms with van der Waals surface area (Å²) in [6.07, 6.45) is 4.74.